The highest BCUT2D eigenvalue weighted by Gasteiger charge is 2.18. The van der Waals surface area contributed by atoms with Crippen LogP contribution in [0.2, 0.25) is 0 Å². The van der Waals surface area contributed by atoms with Gasteiger partial charge in [-0.25, -0.2) is 0 Å². The van der Waals surface area contributed by atoms with Gasteiger partial charge in [-0.15, -0.1) is 0 Å². The van der Waals surface area contributed by atoms with E-state index in [1.165, 1.54) is 19.3 Å². The molecular formula is C6H12S. The third-order valence-electron chi connectivity index (χ3n) is 1.82. The Morgan fingerprint density at radius 1 is 1.43 bits per heavy atom. The van der Waals surface area contributed by atoms with Crippen LogP contribution < -0.4 is 0 Å². The van der Waals surface area contributed by atoms with Gasteiger partial charge in [-0.1, -0.05) is 13.3 Å². The maximum atomic E-state index is 4.39. The summed E-state index contributed by atoms with van der Waals surface area (Å²) in [6, 6.07) is 0. The van der Waals surface area contributed by atoms with E-state index in [2.05, 4.69) is 19.6 Å². The molecule has 1 saturated carbocycles. The van der Waals surface area contributed by atoms with Crippen molar-refractivity contribution >= 4 is 12.6 Å². The minimum Gasteiger partial charge on any atom is -0.176 e. The highest BCUT2D eigenvalue weighted by molar-refractivity contribution is 7.81. The summed E-state index contributed by atoms with van der Waals surface area (Å²) in [7, 11) is 0. The van der Waals surface area contributed by atoms with E-state index in [9.17, 15) is 0 Å². The average molecular weight is 116 g/mol. The summed E-state index contributed by atoms with van der Waals surface area (Å²) in [6.45, 7) is 2.28. The highest BCUT2D eigenvalue weighted by Crippen LogP contribution is 2.28. The zero-order chi connectivity index (χ0) is 5.28. The number of hydrogen-bond acceptors (Lipinski definition) is 1. The van der Waals surface area contributed by atoms with E-state index >= 15 is 0 Å². The first-order valence-corrected chi connectivity index (χ1v) is 3.50. The molecule has 1 aliphatic rings. The van der Waals surface area contributed by atoms with Crippen molar-refractivity contribution < 1.29 is 0 Å². The Hall–Kier alpha value is 0.350. The first kappa shape index (κ1) is 5.49. The van der Waals surface area contributed by atoms with Gasteiger partial charge in [-0.2, -0.15) is 12.6 Å². The molecule has 42 valence electrons. The third-order valence-corrected chi connectivity index (χ3v) is 2.58. The molecular weight excluding hydrogens is 104 g/mol. The zero-order valence-electron chi connectivity index (χ0n) is 4.72. The predicted molar refractivity (Wildman–Crippen MR) is 35.8 cm³/mol. The fourth-order valence-corrected chi connectivity index (χ4v) is 1.46. The van der Waals surface area contributed by atoms with E-state index in [1.807, 2.05) is 0 Å². The normalized spacial score (nSPS) is 42.0. The average Bonchev–Trinajstić information content (AvgIpc) is 1.91. The van der Waals surface area contributed by atoms with Gasteiger partial charge in [0.2, 0.25) is 0 Å². The van der Waals surface area contributed by atoms with Crippen molar-refractivity contribution in [3.05, 3.63) is 0 Å². The van der Waals surface area contributed by atoms with Gasteiger partial charge >= 0.3 is 0 Å². The minimum absolute atomic E-state index is 0.708. The Balaban J connectivity index is 2.33. The summed E-state index contributed by atoms with van der Waals surface area (Å²) in [5.74, 6) is 0.878. The lowest BCUT2D eigenvalue weighted by molar-refractivity contribution is 0.627. The second-order valence-electron chi connectivity index (χ2n) is 2.48. The van der Waals surface area contributed by atoms with Crippen molar-refractivity contribution in [3.63, 3.8) is 0 Å². The van der Waals surface area contributed by atoms with Gasteiger partial charge in [0.05, 0.1) is 0 Å². The molecule has 1 fully saturated rings. The zero-order valence-corrected chi connectivity index (χ0v) is 5.62. The largest absolute Gasteiger partial charge is 0.176 e. The first-order chi connectivity index (χ1) is 3.30. The van der Waals surface area contributed by atoms with E-state index in [0.717, 1.165) is 5.92 Å². The van der Waals surface area contributed by atoms with Gasteiger partial charge in [0.25, 0.3) is 0 Å². The van der Waals surface area contributed by atoms with E-state index in [1.54, 1.807) is 0 Å². The van der Waals surface area contributed by atoms with Crippen LogP contribution in [0.15, 0.2) is 0 Å². The quantitative estimate of drug-likeness (QED) is 0.460. The molecule has 2 atom stereocenters. The SMILES string of the molecule is C[C@@H]1CCC[C@@H]1S. The molecule has 0 aromatic carbocycles. The molecule has 1 aliphatic carbocycles. The van der Waals surface area contributed by atoms with Crippen LogP contribution in [0.25, 0.3) is 0 Å². The standard InChI is InChI=1S/C6H12S/c1-5-3-2-4-6(5)7/h5-7H,2-4H2,1H3/t5-,6+/m1/s1. The molecule has 1 rings (SSSR count). The smallest absolute Gasteiger partial charge is 0.00424 e. The number of thiol groups is 1. The molecule has 0 heterocycles. The molecule has 0 N–H and O–H groups in total. The molecule has 0 radical (unpaired) electrons. The van der Waals surface area contributed by atoms with Gasteiger partial charge < -0.3 is 0 Å². The van der Waals surface area contributed by atoms with Crippen LogP contribution in [0.4, 0.5) is 0 Å². The molecule has 0 aromatic heterocycles. The van der Waals surface area contributed by atoms with Gasteiger partial charge in [0.15, 0.2) is 0 Å². The van der Waals surface area contributed by atoms with Crippen LogP contribution in [0.1, 0.15) is 26.2 Å². The summed E-state index contributed by atoms with van der Waals surface area (Å²) in [5, 5.41) is 0.708. The molecule has 0 bridgehead atoms. The topological polar surface area (TPSA) is 0 Å². The molecule has 0 aromatic rings. The second kappa shape index (κ2) is 2.08. The summed E-state index contributed by atoms with van der Waals surface area (Å²) in [5.41, 5.74) is 0. The third kappa shape index (κ3) is 1.12. The monoisotopic (exact) mass is 116 g/mol. The van der Waals surface area contributed by atoms with Crippen molar-refractivity contribution in [3.8, 4) is 0 Å². The maximum Gasteiger partial charge on any atom is 0.00424 e. The van der Waals surface area contributed by atoms with E-state index in [0.29, 0.717) is 5.25 Å². The predicted octanol–water partition coefficient (Wildman–Crippen LogP) is 2.10. The van der Waals surface area contributed by atoms with Gasteiger partial charge in [-0.3, -0.25) is 0 Å². The van der Waals surface area contributed by atoms with E-state index < -0.39 is 0 Å². The van der Waals surface area contributed by atoms with Gasteiger partial charge in [-0.05, 0) is 18.8 Å². The second-order valence-corrected chi connectivity index (χ2v) is 3.14. The van der Waals surface area contributed by atoms with Crippen molar-refractivity contribution in [1.29, 1.82) is 0 Å². The molecule has 7 heavy (non-hydrogen) atoms. The van der Waals surface area contributed by atoms with Gasteiger partial charge in [0, 0.05) is 5.25 Å². The molecule has 0 nitrogen and oxygen atoms in total. The Morgan fingerprint density at radius 2 is 2.14 bits per heavy atom. The number of rotatable bonds is 0. The fraction of sp³-hybridized carbons (Fsp3) is 1.00. The van der Waals surface area contributed by atoms with Crippen molar-refractivity contribution in [2.75, 3.05) is 0 Å². The van der Waals surface area contributed by atoms with Crippen LogP contribution in [-0.2, 0) is 0 Å². The highest BCUT2D eigenvalue weighted by atomic mass is 32.1. The van der Waals surface area contributed by atoms with Gasteiger partial charge in [0.1, 0.15) is 0 Å². The van der Waals surface area contributed by atoms with Crippen molar-refractivity contribution in [1.82, 2.24) is 0 Å². The molecule has 0 aliphatic heterocycles. The van der Waals surface area contributed by atoms with Crippen LogP contribution in [-0.4, -0.2) is 5.25 Å². The first-order valence-electron chi connectivity index (χ1n) is 2.99. The van der Waals surface area contributed by atoms with Crippen LogP contribution in [0.3, 0.4) is 0 Å². The van der Waals surface area contributed by atoms with E-state index in [-0.39, 0.29) is 0 Å². The molecule has 0 amide bonds. The summed E-state index contributed by atoms with van der Waals surface area (Å²) in [6.07, 6.45) is 4.13. The Kier molecular flexibility index (Phi) is 1.63. The van der Waals surface area contributed by atoms with Crippen LogP contribution in [0, 0.1) is 5.92 Å². The molecule has 0 spiro atoms. The Morgan fingerprint density at radius 3 is 2.29 bits per heavy atom. The molecule has 1 heteroatoms. The fourth-order valence-electron chi connectivity index (χ4n) is 1.13. The van der Waals surface area contributed by atoms with Crippen LogP contribution >= 0.6 is 12.6 Å². The summed E-state index contributed by atoms with van der Waals surface area (Å²) in [4.78, 5) is 0. The van der Waals surface area contributed by atoms with E-state index in [4.69, 9.17) is 0 Å². The summed E-state index contributed by atoms with van der Waals surface area (Å²) >= 11 is 4.39. The Bertz CT molecular complexity index is 53.2. The lowest BCUT2D eigenvalue weighted by Crippen LogP contribution is -1.99. The summed E-state index contributed by atoms with van der Waals surface area (Å²) < 4.78 is 0. The lowest BCUT2D eigenvalue weighted by atomic mass is 10.1. The maximum absolute atomic E-state index is 4.39. The molecule has 0 unspecified atom stereocenters. The molecule has 0 saturated heterocycles. The van der Waals surface area contributed by atoms with Crippen LogP contribution in [0.5, 0.6) is 0 Å². The van der Waals surface area contributed by atoms with Crippen molar-refractivity contribution in [2.45, 2.75) is 31.4 Å². The Labute approximate surface area is 50.7 Å². The number of hydrogen-bond donors (Lipinski definition) is 1. The lowest BCUT2D eigenvalue weighted by Gasteiger charge is -2.04. The minimum atomic E-state index is 0.708. The van der Waals surface area contributed by atoms with Crippen molar-refractivity contribution in [2.24, 2.45) is 5.92 Å².